The average molecular weight is 59.0 g/mol. The number of H-pyrrole nitrogens is 1. The second-order valence-electron chi connectivity index (χ2n) is 0.364. The van der Waals surface area contributed by atoms with Gasteiger partial charge in [-0.3, -0.25) is 0 Å². The number of aromatic nitrogens is 3. The van der Waals surface area contributed by atoms with Crippen LogP contribution in [0.3, 0.4) is 0 Å². The van der Waals surface area contributed by atoms with Crippen molar-refractivity contribution in [3.8, 4) is 0 Å². The number of nitrogens with one attached hydrogen (secondary N) is 1. The topological polar surface area (TPSA) is 54.7 Å². The average Bonchev–Trinajstić information content (AvgIpc) is 0.722. The van der Waals surface area contributed by atoms with E-state index >= 15 is 0 Å². The maximum atomic E-state index is 3.93. The first-order chi connectivity index (χ1) is 2.00. The molecule has 1 rings (SSSR count). The molecule has 4 nitrogen and oxygen atoms in total. The van der Waals surface area contributed by atoms with E-state index in [1.54, 1.807) is 0 Å². The molecule has 0 aliphatic rings. The minimum atomic E-state index is 2.07. The molecule has 1 N–H and O–H groups in total. The lowest BCUT2D eigenvalue weighted by molar-refractivity contribution is 0.140. The summed E-state index contributed by atoms with van der Waals surface area (Å²) in [6, 6.07) is 0. The maximum absolute atomic E-state index is 3.93. The molecule has 4 heteroatoms. The molecule has 0 bridgehead atoms. The predicted octanol–water partition coefficient (Wildman–Crippen LogP) is -0.602. The Morgan fingerprint density at radius 2 is 2.00 bits per heavy atom. The zero-order chi connectivity index (χ0) is 2.83. The molecular weight excluding hydrogens is 58.0 g/mol. The summed E-state index contributed by atoms with van der Waals surface area (Å²) in [5.74, 6) is 0. The molecule has 0 spiro atoms. The van der Waals surface area contributed by atoms with E-state index in [9.17, 15) is 0 Å². The maximum Gasteiger partial charge on any atom is 0.0790 e. The van der Waals surface area contributed by atoms with Crippen LogP contribution in [0.1, 0.15) is 0 Å². The van der Waals surface area contributed by atoms with Gasteiger partial charge in [0.1, 0.15) is 0 Å². The highest BCUT2D eigenvalue weighted by atomic mass is 16.6. The van der Waals surface area contributed by atoms with Gasteiger partial charge in [-0.2, -0.15) is 0 Å². The number of aromatic amines is 1. The van der Waals surface area contributed by atoms with Crippen molar-refractivity contribution >= 4 is 0 Å². The van der Waals surface area contributed by atoms with Gasteiger partial charge in [0.05, 0.1) is 5.27 Å². The molecule has 22 valence electrons. The molecule has 0 aliphatic heterocycles. The summed E-state index contributed by atoms with van der Waals surface area (Å²) in [6.45, 7) is 0. The Kier molecular flexibility index (Phi) is 0.117. The zero-order valence-electron chi connectivity index (χ0n) is 1.80. The molecule has 0 saturated heterocycles. The van der Waals surface area contributed by atoms with E-state index in [0.29, 0.717) is 0 Å². The van der Waals surface area contributed by atoms with Crippen molar-refractivity contribution in [2.24, 2.45) is 0 Å². The standard InChI is InChI=1S/HN3O/c1-2-4-3-1/h(H,2,3). The van der Waals surface area contributed by atoms with Crippen LogP contribution in [-0.2, 0) is 0 Å². The van der Waals surface area contributed by atoms with E-state index in [4.69, 9.17) is 0 Å². The highest BCUT2D eigenvalue weighted by Crippen LogP contribution is 1.45. The molecule has 0 radical (unpaired) electrons. The molecule has 1 heterocycles. The van der Waals surface area contributed by atoms with Crippen LogP contribution in [-0.4, -0.2) is 15.8 Å². The highest BCUT2D eigenvalue weighted by molar-refractivity contribution is 3.65. The lowest BCUT2D eigenvalue weighted by atomic mass is 12.6. The molecular formula is HN3O. The van der Waals surface area contributed by atoms with Crippen LogP contribution in [0.4, 0.5) is 0 Å². The molecule has 0 aromatic carbocycles. The molecule has 1 aromatic rings. The van der Waals surface area contributed by atoms with E-state index in [1.165, 1.54) is 0 Å². The van der Waals surface area contributed by atoms with Gasteiger partial charge in [0.15, 0.2) is 0 Å². The highest BCUT2D eigenvalue weighted by Gasteiger charge is 1.58. The molecule has 4 heavy (non-hydrogen) atoms. The van der Waals surface area contributed by atoms with Crippen molar-refractivity contribution in [1.29, 1.82) is 0 Å². The molecule has 0 fully saturated rings. The zero-order valence-corrected chi connectivity index (χ0v) is 1.80. The first kappa shape index (κ1) is 1.51. The molecule has 0 atom stereocenters. The first-order valence-corrected chi connectivity index (χ1v) is 0.810. The first-order valence-electron chi connectivity index (χ1n) is 0.810. The quantitative estimate of drug-likeness (QED) is 0.434. The Balaban J connectivity index is 3.00. The van der Waals surface area contributed by atoms with Crippen molar-refractivity contribution in [1.82, 2.24) is 15.8 Å². The lowest BCUT2D eigenvalue weighted by Gasteiger charge is -1.70. The van der Waals surface area contributed by atoms with Crippen molar-refractivity contribution in [3.05, 3.63) is 0 Å². The largest absolute Gasteiger partial charge is 0.229 e. The lowest BCUT2D eigenvalue weighted by Crippen LogP contribution is -1.86. The second kappa shape index (κ2) is 0.309. The Bertz CT molecular complexity index is 45.1. The van der Waals surface area contributed by atoms with E-state index in [2.05, 4.69) is 20.4 Å². The van der Waals surface area contributed by atoms with Crippen LogP contribution in [0, 0.1) is 0 Å². The van der Waals surface area contributed by atoms with Crippen molar-refractivity contribution in [2.45, 2.75) is 0 Å². The SMILES string of the molecule is n1no[nH]1. The van der Waals surface area contributed by atoms with Gasteiger partial charge in [0, 0.05) is 5.21 Å². The summed E-state index contributed by atoms with van der Waals surface area (Å²) < 4.78 is 3.93. The Hall–Kier alpha value is -0.800. The summed E-state index contributed by atoms with van der Waals surface area (Å²) in [5.41, 5.74) is 0. The predicted molar refractivity (Wildman–Crippen MR) is 8.65 cm³/mol. The summed E-state index contributed by atoms with van der Waals surface area (Å²) in [4.78, 5) is 0. The molecule has 0 saturated carbocycles. The van der Waals surface area contributed by atoms with Gasteiger partial charge in [0.2, 0.25) is 0 Å². The van der Waals surface area contributed by atoms with Gasteiger partial charge in [-0.15, -0.1) is 0 Å². The number of hydrogen-bond donors (Lipinski definition) is 1. The van der Waals surface area contributed by atoms with Crippen LogP contribution in [0.5, 0.6) is 0 Å². The van der Waals surface area contributed by atoms with E-state index in [0.717, 1.165) is 0 Å². The van der Waals surface area contributed by atoms with Gasteiger partial charge in [-0.1, -0.05) is 5.27 Å². The minimum Gasteiger partial charge on any atom is -0.229 e. The fraction of sp³-hybridized carbons (Fsp3) is 0. The summed E-state index contributed by atoms with van der Waals surface area (Å²) >= 11 is 0. The Morgan fingerprint density at radius 1 is 1.75 bits per heavy atom. The number of nitrogens with zero attached hydrogens (tertiary/aromatic N) is 2. The van der Waals surface area contributed by atoms with Crippen LogP contribution >= 0.6 is 0 Å². The fourth-order valence-electron chi connectivity index (χ4n) is 0.0408. The second-order valence-corrected chi connectivity index (χ2v) is 0.364. The van der Waals surface area contributed by atoms with Gasteiger partial charge >= 0.3 is 0 Å². The van der Waals surface area contributed by atoms with E-state index < -0.39 is 0 Å². The fourth-order valence-corrected chi connectivity index (χ4v) is 0.0408. The molecule has 1 aromatic heterocycles. The van der Waals surface area contributed by atoms with Crippen molar-refractivity contribution < 1.29 is 4.63 Å². The molecule has 0 amide bonds. The smallest absolute Gasteiger partial charge is 0.0790 e. The van der Waals surface area contributed by atoms with Gasteiger partial charge in [-0.05, 0) is 0 Å². The van der Waals surface area contributed by atoms with Crippen LogP contribution in [0.2, 0.25) is 0 Å². The van der Waals surface area contributed by atoms with Crippen LogP contribution < -0.4 is 0 Å². The third-order valence-electron chi connectivity index (χ3n) is 0.163. The van der Waals surface area contributed by atoms with Gasteiger partial charge in [0.25, 0.3) is 0 Å². The van der Waals surface area contributed by atoms with E-state index in [1.807, 2.05) is 0 Å². The van der Waals surface area contributed by atoms with Crippen LogP contribution in [0.25, 0.3) is 0 Å². The number of rotatable bonds is 0. The van der Waals surface area contributed by atoms with Crippen LogP contribution in [0.15, 0.2) is 4.63 Å². The normalized spacial score (nSPS) is 8.00. The third-order valence-corrected chi connectivity index (χ3v) is 0.163. The monoisotopic (exact) mass is 59.0 g/mol. The Morgan fingerprint density at radius 3 is 2.00 bits per heavy atom. The van der Waals surface area contributed by atoms with E-state index in [-0.39, 0.29) is 0 Å². The summed E-state index contributed by atoms with van der Waals surface area (Å²) in [5, 5.41) is 8.07. The third kappa shape index (κ3) is 0.00469. The van der Waals surface area contributed by atoms with Gasteiger partial charge < -0.3 is 0 Å². The van der Waals surface area contributed by atoms with Crippen molar-refractivity contribution in [3.63, 3.8) is 0 Å². The Labute approximate surface area is 21.7 Å². The number of hydrogen-bond acceptors (Lipinski definition) is 3. The summed E-state index contributed by atoms with van der Waals surface area (Å²) in [6.07, 6.45) is 0. The van der Waals surface area contributed by atoms with Gasteiger partial charge in [-0.25, -0.2) is 4.63 Å². The molecule has 0 unspecified atom stereocenters. The molecule has 0 aliphatic carbocycles. The summed E-state index contributed by atoms with van der Waals surface area (Å²) in [7, 11) is 0. The van der Waals surface area contributed by atoms with Crippen molar-refractivity contribution in [2.75, 3.05) is 0 Å². The minimum absolute atomic E-state index is 2.07.